The third kappa shape index (κ3) is 5.38. The number of carbonyl (C=O) groups is 2. The van der Waals surface area contributed by atoms with Gasteiger partial charge < -0.3 is 15.2 Å². The van der Waals surface area contributed by atoms with Crippen LogP contribution in [0.5, 0.6) is 0 Å². The summed E-state index contributed by atoms with van der Waals surface area (Å²) < 4.78 is 0. The summed E-state index contributed by atoms with van der Waals surface area (Å²) in [6.07, 6.45) is -0.583. The number of hydrogen-bond acceptors (Lipinski definition) is 4. The van der Waals surface area contributed by atoms with Crippen molar-refractivity contribution in [2.45, 2.75) is 26.4 Å². The maximum absolute atomic E-state index is 11.0. The molecule has 1 aromatic rings. The maximum Gasteiger partial charge on any atom is 0.405 e. The van der Waals surface area contributed by atoms with E-state index in [-0.39, 0.29) is 0 Å². The second kappa shape index (κ2) is 7.62. The molecule has 0 radical (unpaired) electrons. The molecule has 1 amide bonds. The lowest BCUT2D eigenvalue weighted by Crippen LogP contribution is -2.51. The van der Waals surface area contributed by atoms with Crippen molar-refractivity contribution in [3.63, 3.8) is 0 Å². The average molecular weight is 279 g/mol. The fraction of sp³-hybridized carbons (Fsp3) is 0.429. The Balaban J connectivity index is 2.38. The van der Waals surface area contributed by atoms with Crippen LogP contribution in [0.3, 0.4) is 0 Å². The molecule has 0 heterocycles. The largest absolute Gasteiger partial charge is 0.465 e. The Morgan fingerprint density at radius 3 is 2.50 bits per heavy atom. The van der Waals surface area contributed by atoms with Gasteiger partial charge in [0.25, 0.3) is 0 Å². The summed E-state index contributed by atoms with van der Waals surface area (Å²) in [6, 6.07) is 9.11. The number of amides is 1. The molecule has 1 atom stereocenters. The van der Waals surface area contributed by atoms with Crippen LogP contribution in [-0.4, -0.2) is 30.1 Å². The second-order valence-electron chi connectivity index (χ2n) is 5.24. The number of carboxylic acid groups (broad SMARTS) is 1. The Kier molecular flexibility index (Phi) is 6.14. The Morgan fingerprint density at radius 2 is 1.95 bits per heavy atom. The summed E-state index contributed by atoms with van der Waals surface area (Å²) in [5, 5.41) is 10.9. The average Bonchev–Trinajstić information content (AvgIpc) is 2.42. The minimum absolute atomic E-state index is 0.448. The zero-order valence-electron chi connectivity index (χ0n) is 11.7. The molecule has 6 nitrogen and oxygen atoms in total. The van der Waals surface area contributed by atoms with E-state index in [4.69, 9.17) is 5.11 Å². The molecule has 0 fully saturated rings. The van der Waals surface area contributed by atoms with Crippen molar-refractivity contribution in [2.24, 2.45) is 5.41 Å². The van der Waals surface area contributed by atoms with Gasteiger partial charge in [0.15, 0.2) is 0 Å². The number of hydrazine groups is 1. The molecular formula is C14H21N3O3. The first kappa shape index (κ1) is 16.1. The van der Waals surface area contributed by atoms with Crippen molar-refractivity contribution in [3.05, 3.63) is 35.9 Å². The summed E-state index contributed by atoms with van der Waals surface area (Å²) in [6.45, 7) is 4.73. The summed E-state index contributed by atoms with van der Waals surface area (Å²) >= 11 is 0. The van der Waals surface area contributed by atoms with Crippen molar-refractivity contribution in [1.29, 1.82) is 0 Å². The van der Waals surface area contributed by atoms with E-state index in [1.807, 2.05) is 44.2 Å². The standard InChI is InChI=1S/C14H21N3O3/c1-14(2,12(9-18)17-13(19)20)10-16-15-8-11-6-4-3-5-7-11/h3-7,9,12,15-17H,8,10H2,1-2H3,(H,19,20). The van der Waals surface area contributed by atoms with Crippen LogP contribution < -0.4 is 16.2 Å². The molecule has 0 aliphatic rings. The number of nitrogens with one attached hydrogen (secondary N) is 3. The van der Waals surface area contributed by atoms with Crippen LogP contribution in [0.2, 0.25) is 0 Å². The highest BCUT2D eigenvalue weighted by molar-refractivity contribution is 5.72. The SMILES string of the molecule is CC(C)(CNNCc1ccccc1)C(C=O)NC(=O)O. The molecule has 1 aromatic carbocycles. The van der Waals surface area contributed by atoms with Crippen molar-refractivity contribution in [2.75, 3.05) is 6.54 Å². The van der Waals surface area contributed by atoms with Crippen LogP contribution >= 0.6 is 0 Å². The third-order valence-electron chi connectivity index (χ3n) is 3.06. The predicted molar refractivity (Wildman–Crippen MR) is 76.1 cm³/mol. The molecule has 20 heavy (non-hydrogen) atoms. The van der Waals surface area contributed by atoms with Crippen LogP contribution in [0, 0.1) is 5.41 Å². The van der Waals surface area contributed by atoms with E-state index in [1.165, 1.54) is 0 Å². The number of hydrogen-bond donors (Lipinski definition) is 4. The van der Waals surface area contributed by atoms with Crippen molar-refractivity contribution < 1.29 is 14.7 Å². The van der Waals surface area contributed by atoms with Gasteiger partial charge in [0.1, 0.15) is 6.29 Å². The van der Waals surface area contributed by atoms with Crippen LogP contribution in [0.25, 0.3) is 0 Å². The second-order valence-corrected chi connectivity index (χ2v) is 5.24. The molecule has 0 aliphatic heterocycles. The number of rotatable bonds is 8. The Labute approximate surface area is 118 Å². The topological polar surface area (TPSA) is 90.5 Å². The fourth-order valence-corrected chi connectivity index (χ4v) is 1.71. The number of carbonyl (C=O) groups excluding carboxylic acids is 1. The lowest BCUT2D eigenvalue weighted by atomic mass is 9.85. The highest BCUT2D eigenvalue weighted by Crippen LogP contribution is 2.17. The van der Waals surface area contributed by atoms with Crippen LogP contribution in [0.15, 0.2) is 30.3 Å². The molecule has 1 rings (SSSR count). The Morgan fingerprint density at radius 1 is 1.30 bits per heavy atom. The molecule has 110 valence electrons. The maximum atomic E-state index is 11.0. The lowest BCUT2D eigenvalue weighted by Gasteiger charge is -2.30. The van der Waals surface area contributed by atoms with E-state index in [2.05, 4.69) is 16.2 Å². The van der Waals surface area contributed by atoms with Gasteiger partial charge in [0.05, 0.1) is 6.04 Å². The summed E-state index contributed by atoms with van der Waals surface area (Å²) in [7, 11) is 0. The predicted octanol–water partition coefficient (Wildman–Crippen LogP) is 1.14. The molecule has 0 bridgehead atoms. The number of benzene rings is 1. The first-order valence-corrected chi connectivity index (χ1v) is 6.40. The first-order valence-electron chi connectivity index (χ1n) is 6.40. The van der Waals surface area contributed by atoms with Gasteiger partial charge in [0, 0.05) is 18.5 Å². The molecule has 4 N–H and O–H groups in total. The molecule has 1 unspecified atom stereocenters. The minimum Gasteiger partial charge on any atom is -0.465 e. The van der Waals surface area contributed by atoms with Gasteiger partial charge in [0.2, 0.25) is 0 Å². The fourth-order valence-electron chi connectivity index (χ4n) is 1.71. The van der Waals surface area contributed by atoms with Gasteiger partial charge in [-0.2, -0.15) is 0 Å². The van der Waals surface area contributed by atoms with Crippen LogP contribution in [0.4, 0.5) is 4.79 Å². The Hall–Kier alpha value is -1.92. The lowest BCUT2D eigenvalue weighted by molar-refractivity contribution is -0.111. The zero-order valence-corrected chi connectivity index (χ0v) is 11.7. The molecular weight excluding hydrogens is 258 g/mol. The van der Waals surface area contributed by atoms with Gasteiger partial charge in [-0.15, -0.1) is 0 Å². The summed E-state index contributed by atoms with van der Waals surface area (Å²) in [5.41, 5.74) is 6.66. The molecule has 0 aromatic heterocycles. The van der Waals surface area contributed by atoms with E-state index in [1.54, 1.807) is 0 Å². The zero-order chi connectivity index (χ0) is 15.0. The summed E-state index contributed by atoms with van der Waals surface area (Å²) in [4.78, 5) is 21.6. The third-order valence-corrected chi connectivity index (χ3v) is 3.06. The summed E-state index contributed by atoms with van der Waals surface area (Å²) in [5.74, 6) is 0. The van der Waals surface area contributed by atoms with Gasteiger partial charge in [-0.25, -0.2) is 4.79 Å². The smallest absolute Gasteiger partial charge is 0.405 e. The number of aldehydes is 1. The molecule has 0 saturated heterocycles. The van der Waals surface area contributed by atoms with Gasteiger partial charge >= 0.3 is 6.09 Å². The molecule has 0 saturated carbocycles. The first-order chi connectivity index (χ1) is 9.45. The minimum atomic E-state index is -1.20. The normalized spacial score (nSPS) is 12.7. The van der Waals surface area contributed by atoms with Gasteiger partial charge in [-0.05, 0) is 5.56 Å². The Bertz CT molecular complexity index is 435. The van der Waals surface area contributed by atoms with Crippen molar-refractivity contribution in [3.8, 4) is 0 Å². The molecule has 6 heteroatoms. The van der Waals surface area contributed by atoms with E-state index in [0.717, 1.165) is 5.56 Å². The highest BCUT2D eigenvalue weighted by Gasteiger charge is 2.30. The van der Waals surface area contributed by atoms with Crippen molar-refractivity contribution >= 4 is 12.4 Å². The van der Waals surface area contributed by atoms with E-state index >= 15 is 0 Å². The van der Waals surface area contributed by atoms with Gasteiger partial charge in [-0.3, -0.25) is 10.9 Å². The quantitative estimate of drug-likeness (QED) is 0.325. The molecule has 0 spiro atoms. The highest BCUT2D eigenvalue weighted by atomic mass is 16.4. The van der Waals surface area contributed by atoms with Crippen LogP contribution in [-0.2, 0) is 11.3 Å². The van der Waals surface area contributed by atoms with Crippen LogP contribution in [0.1, 0.15) is 19.4 Å². The van der Waals surface area contributed by atoms with E-state index in [0.29, 0.717) is 19.4 Å². The van der Waals surface area contributed by atoms with Gasteiger partial charge in [-0.1, -0.05) is 44.2 Å². The van der Waals surface area contributed by atoms with E-state index < -0.39 is 17.6 Å². The van der Waals surface area contributed by atoms with E-state index in [9.17, 15) is 9.59 Å². The van der Waals surface area contributed by atoms with Crippen molar-refractivity contribution in [1.82, 2.24) is 16.2 Å². The monoisotopic (exact) mass is 279 g/mol. The molecule has 0 aliphatic carbocycles.